The highest BCUT2D eigenvalue weighted by atomic mass is 35.5. The zero-order valence-corrected chi connectivity index (χ0v) is 10.5. The molecule has 0 aromatic heterocycles. The van der Waals surface area contributed by atoms with E-state index in [1.54, 1.807) is 25.1 Å². The molecule has 1 aromatic carbocycles. The first kappa shape index (κ1) is 13.3. The second-order valence-electron chi connectivity index (χ2n) is 3.56. The van der Waals surface area contributed by atoms with Crippen LogP contribution in [0, 0.1) is 11.3 Å². The van der Waals surface area contributed by atoms with Crippen LogP contribution < -0.4 is 10.6 Å². The molecule has 0 spiro atoms. The highest BCUT2D eigenvalue weighted by molar-refractivity contribution is 6.30. The van der Waals surface area contributed by atoms with Crippen LogP contribution in [-0.2, 0) is 4.79 Å². The molecule has 0 aliphatic rings. The summed E-state index contributed by atoms with van der Waals surface area (Å²) in [4.78, 5) is 11.5. The Morgan fingerprint density at radius 3 is 2.88 bits per heavy atom. The summed E-state index contributed by atoms with van der Waals surface area (Å²) in [6.07, 6.45) is 0. The molecular formula is C12H14ClN3O. The number of amides is 1. The van der Waals surface area contributed by atoms with Gasteiger partial charge in [0.25, 0.3) is 0 Å². The zero-order chi connectivity index (χ0) is 12.8. The number of nitrogens with one attached hydrogen (secondary N) is 2. The van der Waals surface area contributed by atoms with E-state index >= 15 is 0 Å². The summed E-state index contributed by atoms with van der Waals surface area (Å²) in [6, 6.07) is 6.53. The normalized spacial score (nSPS) is 11.4. The van der Waals surface area contributed by atoms with Crippen LogP contribution in [0.5, 0.6) is 0 Å². The van der Waals surface area contributed by atoms with E-state index < -0.39 is 6.04 Å². The molecule has 0 bridgehead atoms. The molecule has 1 rings (SSSR count). The summed E-state index contributed by atoms with van der Waals surface area (Å²) in [5.41, 5.74) is 1.03. The molecule has 0 saturated heterocycles. The van der Waals surface area contributed by atoms with Gasteiger partial charge in [-0.3, -0.25) is 4.79 Å². The van der Waals surface area contributed by atoms with Gasteiger partial charge in [-0.2, -0.15) is 5.26 Å². The second-order valence-corrected chi connectivity index (χ2v) is 4.00. The predicted octanol–water partition coefficient (Wildman–Crippen LogP) is 2.15. The number of benzene rings is 1. The topological polar surface area (TPSA) is 64.9 Å². The highest BCUT2D eigenvalue weighted by Gasteiger charge is 2.13. The molecular weight excluding hydrogens is 238 g/mol. The number of nitrogens with zero attached hydrogens (tertiary/aromatic N) is 1. The molecule has 1 aromatic rings. The molecule has 5 heteroatoms. The zero-order valence-electron chi connectivity index (χ0n) is 9.75. The van der Waals surface area contributed by atoms with Gasteiger partial charge >= 0.3 is 0 Å². The Balaban J connectivity index is 2.84. The van der Waals surface area contributed by atoms with Gasteiger partial charge in [0.15, 0.2) is 0 Å². The minimum atomic E-state index is -0.416. The standard InChI is InChI=1S/C12H14ClN3O/c1-3-15-12(17)8(2)16-11-6-10(13)5-4-9(11)7-14/h4-6,8,16H,3H2,1-2H3,(H,15,17). The SMILES string of the molecule is CCNC(=O)C(C)Nc1cc(Cl)ccc1C#N. The fourth-order valence-electron chi connectivity index (χ4n) is 1.36. The number of hydrogen-bond acceptors (Lipinski definition) is 3. The third kappa shape index (κ3) is 3.65. The van der Waals surface area contributed by atoms with Crippen LogP contribution in [0.2, 0.25) is 5.02 Å². The molecule has 1 atom stereocenters. The average molecular weight is 252 g/mol. The largest absolute Gasteiger partial charge is 0.373 e. The Labute approximate surface area is 106 Å². The van der Waals surface area contributed by atoms with Crippen LogP contribution in [0.25, 0.3) is 0 Å². The number of anilines is 1. The van der Waals surface area contributed by atoms with E-state index in [0.29, 0.717) is 22.8 Å². The van der Waals surface area contributed by atoms with Crippen LogP contribution in [-0.4, -0.2) is 18.5 Å². The molecule has 0 aliphatic heterocycles. The number of rotatable bonds is 4. The molecule has 4 nitrogen and oxygen atoms in total. The lowest BCUT2D eigenvalue weighted by Gasteiger charge is -2.15. The number of nitriles is 1. The van der Waals surface area contributed by atoms with Crippen molar-refractivity contribution in [1.82, 2.24) is 5.32 Å². The van der Waals surface area contributed by atoms with Crippen molar-refractivity contribution in [1.29, 1.82) is 5.26 Å². The smallest absolute Gasteiger partial charge is 0.242 e. The van der Waals surface area contributed by atoms with Crippen LogP contribution in [0.15, 0.2) is 18.2 Å². The number of carbonyl (C=O) groups is 1. The van der Waals surface area contributed by atoms with Crippen LogP contribution in [0.4, 0.5) is 5.69 Å². The van der Waals surface area contributed by atoms with Crippen molar-refractivity contribution in [2.45, 2.75) is 19.9 Å². The maximum atomic E-state index is 11.5. The molecule has 2 N–H and O–H groups in total. The first-order chi connectivity index (χ1) is 8.08. The molecule has 1 unspecified atom stereocenters. The van der Waals surface area contributed by atoms with E-state index in [-0.39, 0.29) is 5.91 Å². The fourth-order valence-corrected chi connectivity index (χ4v) is 1.53. The van der Waals surface area contributed by atoms with Gasteiger partial charge in [-0.05, 0) is 32.0 Å². The van der Waals surface area contributed by atoms with Gasteiger partial charge < -0.3 is 10.6 Å². The van der Waals surface area contributed by atoms with Crippen LogP contribution in [0.3, 0.4) is 0 Å². The number of halogens is 1. The lowest BCUT2D eigenvalue weighted by Crippen LogP contribution is -2.37. The lowest BCUT2D eigenvalue weighted by atomic mass is 10.1. The fraction of sp³-hybridized carbons (Fsp3) is 0.333. The van der Waals surface area contributed by atoms with Gasteiger partial charge in [-0.1, -0.05) is 11.6 Å². The van der Waals surface area contributed by atoms with Gasteiger partial charge in [-0.15, -0.1) is 0 Å². The Morgan fingerprint density at radius 2 is 2.29 bits per heavy atom. The average Bonchev–Trinajstić information content (AvgIpc) is 2.29. The first-order valence-electron chi connectivity index (χ1n) is 5.32. The van der Waals surface area contributed by atoms with E-state index in [0.717, 1.165) is 0 Å². The molecule has 0 heterocycles. The summed E-state index contributed by atoms with van der Waals surface area (Å²) >= 11 is 5.85. The quantitative estimate of drug-likeness (QED) is 0.862. The van der Waals surface area contributed by atoms with Crippen molar-refractivity contribution in [3.8, 4) is 6.07 Å². The molecule has 0 fully saturated rings. The van der Waals surface area contributed by atoms with Gasteiger partial charge in [-0.25, -0.2) is 0 Å². The van der Waals surface area contributed by atoms with Crippen molar-refractivity contribution in [3.63, 3.8) is 0 Å². The summed E-state index contributed by atoms with van der Waals surface area (Å²) in [7, 11) is 0. The Hall–Kier alpha value is -1.73. The van der Waals surface area contributed by atoms with Crippen molar-refractivity contribution in [2.24, 2.45) is 0 Å². The van der Waals surface area contributed by atoms with Crippen molar-refractivity contribution in [2.75, 3.05) is 11.9 Å². The Kier molecular flexibility index (Phi) is 4.80. The van der Waals surface area contributed by atoms with Gasteiger partial charge in [0.05, 0.1) is 11.3 Å². The van der Waals surface area contributed by atoms with Gasteiger partial charge in [0.2, 0.25) is 5.91 Å². The first-order valence-corrected chi connectivity index (χ1v) is 5.70. The second kappa shape index (κ2) is 6.12. The minimum absolute atomic E-state index is 0.114. The third-order valence-corrected chi connectivity index (χ3v) is 2.45. The van der Waals surface area contributed by atoms with E-state index in [1.165, 1.54) is 0 Å². The highest BCUT2D eigenvalue weighted by Crippen LogP contribution is 2.21. The summed E-state index contributed by atoms with van der Waals surface area (Å²) < 4.78 is 0. The molecule has 90 valence electrons. The maximum absolute atomic E-state index is 11.5. The summed E-state index contributed by atoms with van der Waals surface area (Å²) in [5, 5.41) is 15.1. The number of hydrogen-bond donors (Lipinski definition) is 2. The van der Waals surface area contributed by atoms with Crippen LogP contribution >= 0.6 is 11.6 Å². The van der Waals surface area contributed by atoms with E-state index in [1.807, 2.05) is 13.0 Å². The van der Waals surface area contributed by atoms with Crippen molar-refractivity contribution in [3.05, 3.63) is 28.8 Å². The molecule has 17 heavy (non-hydrogen) atoms. The third-order valence-electron chi connectivity index (χ3n) is 2.22. The Bertz CT molecular complexity index is 454. The van der Waals surface area contributed by atoms with E-state index in [9.17, 15) is 4.79 Å². The molecule has 1 amide bonds. The number of carbonyl (C=O) groups excluding carboxylic acids is 1. The molecule has 0 saturated carbocycles. The predicted molar refractivity (Wildman–Crippen MR) is 67.9 cm³/mol. The minimum Gasteiger partial charge on any atom is -0.373 e. The maximum Gasteiger partial charge on any atom is 0.242 e. The van der Waals surface area contributed by atoms with Gasteiger partial charge in [0, 0.05) is 11.6 Å². The monoisotopic (exact) mass is 251 g/mol. The van der Waals surface area contributed by atoms with Crippen molar-refractivity contribution >= 4 is 23.2 Å². The lowest BCUT2D eigenvalue weighted by molar-refractivity contribution is -0.121. The van der Waals surface area contributed by atoms with Gasteiger partial charge in [0.1, 0.15) is 12.1 Å². The molecule has 0 aliphatic carbocycles. The summed E-state index contributed by atoms with van der Waals surface area (Å²) in [5.74, 6) is -0.114. The number of likely N-dealkylation sites (N-methyl/N-ethyl adjacent to an activating group) is 1. The van der Waals surface area contributed by atoms with Crippen molar-refractivity contribution < 1.29 is 4.79 Å². The van der Waals surface area contributed by atoms with Crippen LogP contribution in [0.1, 0.15) is 19.4 Å². The summed E-state index contributed by atoms with van der Waals surface area (Å²) in [6.45, 7) is 4.16. The molecule has 0 radical (unpaired) electrons. The Morgan fingerprint density at radius 1 is 1.59 bits per heavy atom. The van der Waals surface area contributed by atoms with E-state index in [2.05, 4.69) is 10.6 Å². The van der Waals surface area contributed by atoms with E-state index in [4.69, 9.17) is 16.9 Å².